The van der Waals surface area contributed by atoms with Gasteiger partial charge in [0.1, 0.15) is 6.04 Å². The molecule has 1 aromatic rings. The number of benzene rings is 1. The Bertz CT molecular complexity index is 529. The average molecular weight is 337 g/mol. The quantitative estimate of drug-likeness (QED) is 0.716. The Hall–Kier alpha value is -1.53. The van der Waals surface area contributed by atoms with E-state index in [9.17, 15) is 14.0 Å². The van der Waals surface area contributed by atoms with Crippen LogP contribution in [0.25, 0.3) is 0 Å². The number of nitrogens with one attached hydrogen (secondary N) is 2. The van der Waals surface area contributed by atoms with Gasteiger partial charge in [-0.25, -0.2) is 14.0 Å². The van der Waals surface area contributed by atoms with Gasteiger partial charge in [0.15, 0.2) is 5.82 Å². The van der Waals surface area contributed by atoms with Crippen LogP contribution in [-0.2, 0) is 4.79 Å². The number of anilines is 1. The summed E-state index contributed by atoms with van der Waals surface area (Å²) in [6.45, 7) is 3.68. The maximum atomic E-state index is 13.2. The van der Waals surface area contributed by atoms with Crippen LogP contribution in [-0.4, -0.2) is 23.1 Å². The molecule has 0 saturated heterocycles. The lowest BCUT2D eigenvalue weighted by molar-refractivity contribution is -0.139. The minimum atomic E-state index is -1.13. The molecule has 0 heterocycles. The number of urea groups is 1. The van der Waals surface area contributed by atoms with E-state index in [0.717, 1.165) is 0 Å². The highest BCUT2D eigenvalue weighted by atomic mass is 35.5. The average Bonchev–Trinajstić information content (AvgIpc) is 2.34. The third kappa shape index (κ3) is 5.40. The standard InChI is InChI=1S/C13H15Cl2FN2O3/c1-6(2)3-10(12(19)20)18-13(21)17-7-4-8(14)11(16)9(15)5-7/h4-6,10H,3H2,1-2H3,(H,19,20)(H2,17,18,21). The highest BCUT2D eigenvalue weighted by molar-refractivity contribution is 6.35. The lowest BCUT2D eigenvalue weighted by Crippen LogP contribution is -2.43. The van der Waals surface area contributed by atoms with E-state index in [2.05, 4.69) is 10.6 Å². The number of carbonyl (C=O) groups excluding carboxylic acids is 1. The van der Waals surface area contributed by atoms with Gasteiger partial charge < -0.3 is 15.7 Å². The molecule has 116 valence electrons. The molecule has 0 spiro atoms. The van der Waals surface area contributed by atoms with E-state index in [1.165, 1.54) is 12.1 Å². The van der Waals surface area contributed by atoms with E-state index in [0.29, 0.717) is 0 Å². The molecule has 3 N–H and O–H groups in total. The second-order valence-electron chi connectivity index (χ2n) is 4.87. The van der Waals surface area contributed by atoms with Gasteiger partial charge in [-0.2, -0.15) is 0 Å². The van der Waals surface area contributed by atoms with Crippen LogP contribution >= 0.6 is 23.2 Å². The third-order valence-electron chi connectivity index (χ3n) is 2.55. The van der Waals surface area contributed by atoms with Gasteiger partial charge in [-0.3, -0.25) is 0 Å². The number of carboxylic acid groups (broad SMARTS) is 1. The lowest BCUT2D eigenvalue weighted by Gasteiger charge is -2.17. The highest BCUT2D eigenvalue weighted by Gasteiger charge is 2.21. The Morgan fingerprint density at radius 3 is 2.24 bits per heavy atom. The molecule has 8 heteroatoms. The Morgan fingerprint density at radius 1 is 1.29 bits per heavy atom. The fourth-order valence-corrected chi connectivity index (χ4v) is 2.13. The molecule has 1 atom stereocenters. The predicted molar refractivity (Wildman–Crippen MR) is 79.5 cm³/mol. The summed E-state index contributed by atoms with van der Waals surface area (Å²) in [6, 6.07) is 0.611. The Balaban J connectivity index is 2.74. The van der Waals surface area contributed by atoms with Crippen LogP contribution in [0.1, 0.15) is 20.3 Å². The van der Waals surface area contributed by atoms with Crippen LogP contribution in [0.2, 0.25) is 10.0 Å². The smallest absolute Gasteiger partial charge is 0.326 e. The summed E-state index contributed by atoms with van der Waals surface area (Å²) in [5, 5.41) is 13.2. The van der Waals surface area contributed by atoms with Crippen molar-refractivity contribution in [3.05, 3.63) is 28.0 Å². The summed E-state index contributed by atoms with van der Waals surface area (Å²) in [6.07, 6.45) is 0.285. The van der Waals surface area contributed by atoms with Crippen molar-refractivity contribution in [1.29, 1.82) is 0 Å². The van der Waals surface area contributed by atoms with E-state index < -0.39 is 23.9 Å². The summed E-state index contributed by atoms with van der Waals surface area (Å²) in [7, 11) is 0. The zero-order chi connectivity index (χ0) is 16.2. The third-order valence-corrected chi connectivity index (χ3v) is 3.10. The number of amides is 2. The van der Waals surface area contributed by atoms with Gasteiger partial charge in [-0.1, -0.05) is 37.0 Å². The fourth-order valence-electron chi connectivity index (χ4n) is 1.65. The van der Waals surface area contributed by atoms with E-state index in [1.807, 2.05) is 13.8 Å². The highest BCUT2D eigenvalue weighted by Crippen LogP contribution is 2.27. The number of hydrogen-bond donors (Lipinski definition) is 3. The van der Waals surface area contributed by atoms with Crippen LogP contribution in [0.15, 0.2) is 12.1 Å². The van der Waals surface area contributed by atoms with E-state index in [1.54, 1.807) is 0 Å². The zero-order valence-corrected chi connectivity index (χ0v) is 12.9. The van der Waals surface area contributed by atoms with Crippen molar-refractivity contribution in [2.24, 2.45) is 5.92 Å². The molecule has 0 aliphatic rings. The SMILES string of the molecule is CC(C)CC(NC(=O)Nc1cc(Cl)c(F)c(Cl)c1)C(=O)O. The maximum absolute atomic E-state index is 13.2. The first kappa shape index (κ1) is 17.5. The molecule has 2 amide bonds. The van der Waals surface area contributed by atoms with Gasteiger partial charge in [0, 0.05) is 5.69 Å². The second-order valence-corrected chi connectivity index (χ2v) is 5.69. The number of hydrogen-bond acceptors (Lipinski definition) is 2. The fraction of sp³-hybridized carbons (Fsp3) is 0.385. The predicted octanol–water partition coefficient (Wildman–Crippen LogP) is 3.75. The van der Waals surface area contributed by atoms with Crippen molar-refractivity contribution >= 4 is 40.9 Å². The molecular formula is C13H15Cl2FN2O3. The molecule has 1 aromatic carbocycles. The first-order valence-corrected chi connectivity index (χ1v) is 6.91. The van der Waals surface area contributed by atoms with Gasteiger partial charge in [0.25, 0.3) is 0 Å². The molecule has 0 bridgehead atoms. The Labute approximate surface area is 131 Å². The number of carbonyl (C=O) groups is 2. The second kappa shape index (κ2) is 7.47. The monoisotopic (exact) mass is 336 g/mol. The van der Waals surface area contributed by atoms with Gasteiger partial charge >= 0.3 is 12.0 Å². The molecule has 1 unspecified atom stereocenters. The topological polar surface area (TPSA) is 78.4 Å². The van der Waals surface area contributed by atoms with Gasteiger partial charge in [-0.15, -0.1) is 0 Å². The molecule has 1 rings (SSSR count). The summed E-state index contributed by atoms with van der Waals surface area (Å²) in [5.41, 5.74) is 0.164. The van der Waals surface area contributed by atoms with Crippen molar-refractivity contribution in [2.75, 3.05) is 5.32 Å². The van der Waals surface area contributed by atoms with Gasteiger partial charge in [0.2, 0.25) is 0 Å². The molecule has 21 heavy (non-hydrogen) atoms. The maximum Gasteiger partial charge on any atom is 0.326 e. The Morgan fingerprint density at radius 2 is 1.81 bits per heavy atom. The van der Waals surface area contributed by atoms with Gasteiger partial charge in [0.05, 0.1) is 10.0 Å². The number of halogens is 3. The first-order chi connectivity index (χ1) is 9.70. The van der Waals surface area contributed by atoms with Crippen molar-refractivity contribution in [1.82, 2.24) is 5.32 Å². The van der Waals surface area contributed by atoms with E-state index in [4.69, 9.17) is 28.3 Å². The van der Waals surface area contributed by atoms with Crippen molar-refractivity contribution in [2.45, 2.75) is 26.3 Å². The molecule has 0 saturated carbocycles. The van der Waals surface area contributed by atoms with Crippen molar-refractivity contribution < 1.29 is 19.1 Å². The van der Waals surface area contributed by atoms with Crippen LogP contribution in [0.3, 0.4) is 0 Å². The number of rotatable bonds is 5. The van der Waals surface area contributed by atoms with Crippen molar-refractivity contribution in [3.8, 4) is 0 Å². The first-order valence-electron chi connectivity index (χ1n) is 6.15. The van der Waals surface area contributed by atoms with Crippen LogP contribution < -0.4 is 10.6 Å². The number of carboxylic acids is 1. The molecule has 0 radical (unpaired) electrons. The molecule has 5 nitrogen and oxygen atoms in total. The molecule has 0 aromatic heterocycles. The summed E-state index contributed by atoms with van der Waals surface area (Å²) in [5.74, 6) is -1.82. The Kier molecular flexibility index (Phi) is 6.23. The van der Waals surface area contributed by atoms with E-state index in [-0.39, 0.29) is 28.1 Å². The van der Waals surface area contributed by atoms with Gasteiger partial charge in [-0.05, 0) is 24.5 Å². The summed E-state index contributed by atoms with van der Waals surface area (Å²) < 4.78 is 13.2. The minimum Gasteiger partial charge on any atom is -0.480 e. The van der Waals surface area contributed by atoms with E-state index >= 15 is 0 Å². The van der Waals surface area contributed by atoms with Crippen LogP contribution in [0.4, 0.5) is 14.9 Å². The molecule has 0 aliphatic heterocycles. The number of aliphatic carboxylic acids is 1. The van der Waals surface area contributed by atoms with Crippen LogP contribution in [0, 0.1) is 11.7 Å². The largest absolute Gasteiger partial charge is 0.480 e. The molecular weight excluding hydrogens is 322 g/mol. The van der Waals surface area contributed by atoms with Crippen LogP contribution in [0.5, 0.6) is 0 Å². The zero-order valence-electron chi connectivity index (χ0n) is 11.4. The molecule has 0 aliphatic carbocycles. The molecule has 0 fully saturated rings. The normalized spacial score (nSPS) is 12.1. The lowest BCUT2D eigenvalue weighted by atomic mass is 10.0. The summed E-state index contributed by atoms with van der Waals surface area (Å²) >= 11 is 11.2. The van der Waals surface area contributed by atoms with Crippen molar-refractivity contribution in [3.63, 3.8) is 0 Å². The minimum absolute atomic E-state index is 0.0983. The summed E-state index contributed by atoms with van der Waals surface area (Å²) in [4.78, 5) is 22.8.